The molecule has 1 N–H and O–H groups in total. The van der Waals surface area contributed by atoms with E-state index in [1.54, 1.807) is 0 Å². The van der Waals surface area contributed by atoms with Gasteiger partial charge in [-0.1, -0.05) is 6.08 Å². The second-order valence-corrected chi connectivity index (χ2v) is 13.2. The quantitative estimate of drug-likeness (QED) is 0.272. The first kappa shape index (κ1) is 31.2. The molecule has 0 aliphatic carbocycles. The number of allylic oxidation sites excluding steroid dienone is 12. The smallest absolute Gasteiger partial charge is 0.216 e. The Morgan fingerprint density at radius 1 is 0.481 bits per heavy atom. The van der Waals surface area contributed by atoms with E-state index in [1.165, 1.54) is 0 Å². The molecule has 8 heteroatoms. The van der Waals surface area contributed by atoms with Crippen LogP contribution in [0.1, 0.15) is 28.5 Å². The van der Waals surface area contributed by atoms with Crippen LogP contribution in [0.4, 0.5) is 0 Å². The van der Waals surface area contributed by atoms with Crippen LogP contribution >= 0.6 is 0 Å². The molecule has 9 heterocycles. The van der Waals surface area contributed by atoms with Crippen LogP contribution in [0.2, 0.25) is 0 Å². The Balaban J connectivity index is 1.40. The maximum Gasteiger partial charge on any atom is 0.216 e. The molecule has 0 radical (unpaired) electrons. The Kier molecular flexibility index (Phi) is 7.51. The van der Waals surface area contributed by atoms with Crippen molar-refractivity contribution in [1.82, 2.24) is 9.88 Å². The number of aliphatic imine (C=N–C) groups is 3. The van der Waals surface area contributed by atoms with E-state index in [9.17, 15) is 0 Å². The Hall–Kier alpha value is -6.80. The fraction of sp³-hybridized carbons (Fsp3) is 0.0909. The van der Waals surface area contributed by atoms with Crippen LogP contribution in [-0.4, -0.2) is 34.1 Å². The minimum atomic E-state index is 0.842. The number of H-pyrrole nitrogens is 1. The molecule has 5 aliphatic heterocycles. The van der Waals surface area contributed by atoms with Crippen molar-refractivity contribution in [3.63, 3.8) is 0 Å². The molecule has 52 heavy (non-hydrogen) atoms. The SMILES string of the molecule is CN1C=CC=C/C1=C1/C2=NC(=C(c3cccc[n+]3C)C3=NC(=C(c4cccc[n+]4C)C4=NC(=C(c5cccc[n+]5C)c5ccc1[nH]5)C=C4)C=C3)C=C2. The Labute approximate surface area is 302 Å². The number of fused-ring (bicyclic) bond motifs is 5. The number of hydrogen-bond donors (Lipinski definition) is 1. The monoisotopic (exact) mass is 677 g/mol. The lowest BCUT2D eigenvalue weighted by molar-refractivity contribution is -0.673. The number of nitrogens with one attached hydrogen (secondary N) is 1. The number of pyridine rings is 3. The molecule has 0 aromatic carbocycles. The average Bonchev–Trinajstić information content (AvgIpc) is 3.99. The fourth-order valence-electron chi connectivity index (χ4n) is 7.34. The lowest BCUT2D eigenvalue weighted by atomic mass is 10.0. The average molecular weight is 678 g/mol. The van der Waals surface area contributed by atoms with Crippen LogP contribution in [0.3, 0.4) is 0 Å². The van der Waals surface area contributed by atoms with Gasteiger partial charge >= 0.3 is 0 Å². The highest BCUT2D eigenvalue weighted by molar-refractivity contribution is 6.37. The summed E-state index contributed by atoms with van der Waals surface area (Å²) >= 11 is 0. The van der Waals surface area contributed by atoms with Crippen molar-refractivity contribution in [2.24, 2.45) is 36.1 Å². The number of aryl methyl sites for hydroxylation is 3. The van der Waals surface area contributed by atoms with E-state index in [4.69, 9.17) is 15.0 Å². The third-order valence-corrected chi connectivity index (χ3v) is 9.93. The minimum Gasteiger partial charge on any atom is -0.354 e. The third-order valence-electron chi connectivity index (χ3n) is 9.93. The van der Waals surface area contributed by atoms with Crippen molar-refractivity contribution < 1.29 is 13.7 Å². The summed E-state index contributed by atoms with van der Waals surface area (Å²) in [6, 6.07) is 23.0. The molecule has 4 aromatic heterocycles. The predicted molar refractivity (Wildman–Crippen MR) is 206 cm³/mol. The van der Waals surface area contributed by atoms with Gasteiger partial charge in [0.25, 0.3) is 0 Å². The van der Waals surface area contributed by atoms with E-state index in [1.807, 2.05) is 24.3 Å². The molecule has 4 aromatic rings. The molecule has 9 rings (SSSR count). The molecule has 0 saturated heterocycles. The van der Waals surface area contributed by atoms with Gasteiger partial charge in [-0.15, -0.1) is 0 Å². The van der Waals surface area contributed by atoms with Gasteiger partial charge in [-0.3, -0.25) is 0 Å². The zero-order valence-corrected chi connectivity index (χ0v) is 29.5. The van der Waals surface area contributed by atoms with E-state index in [0.29, 0.717) is 0 Å². The summed E-state index contributed by atoms with van der Waals surface area (Å²) < 4.78 is 6.40. The highest BCUT2D eigenvalue weighted by atomic mass is 15.1. The van der Waals surface area contributed by atoms with E-state index in [2.05, 4.69) is 174 Å². The molecule has 0 spiro atoms. The van der Waals surface area contributed by atoms with Crippen molar-refractivity contribution in [2.45, 2.75) is 0 Å². The van der Waals surface area contributed by atoms with Gasteiger partial charge in [-0.05, 0) is 78.9 Å². The van der Waals surface area contributed by atoms with Gasteiger partial charge in [0, 0.05) is 55.2 Å². The number of nitrogens with zero attached hydrogens (tertiary/aromatic N) is 7. The largest absolute Gasteiger partial charge is 0.354 e. The summed E-state index contributed by atoms with van der Waals surface area (Å²) in [7, 11) is 8.27. The molecule has 5 aliphatic rings. The van der Waals surface area contributed by atoms with Gasteiger partial charge in [0.2, 0.25) is 17.1 Å². The van der Waals surface area contributed by atoms with E-state index in [-0.39, 0.29) is 0 Å². The van der Waals surface area contributed by atoms with Gasteiger partial charge in [-0.25, -0.2) is 28.7 Å². The standard InChI is InChI=1S/C44H37N8/c1-49-25-9-5-13-37(49)41-29-17-19-31(45-29)42(38-14-6-10-26-50(38)2)33-21-23-35(47-33)44(40-16-8-12-28-52(40)4)36-24-22-34(48-36)43(32-20-18-30(41)46-32)39-15-7-11-27-51(39)3/h5-28,45H,1-4H3/q+3. The van der Waals surface area contributed by atoms with Crippen LogP contribution in [0.5, 0.6) is 0 Å². The normalized spacial score (nSPS) is 19.0. The summed E-state index contributed by atoms with van der Waals surface area (Å²) in [4.78, 5) is 22.2. The molecule has 0 saturated carbocycles. The molecular weight excluding hydrogens is 641 g/mol. The summed E-state index contributed by atoms with van der Waals surface area (Å²) in [5.41, 5.74) is 15.0. The summed E-state index contributed by atoms with van der Waals surface area (Å²) in [5, 5.41) is 0. The lowest BCUT2D eigenvalue weighted by Gasteiger charge is -2.22. The van der Waals surface area contributed by atoms with Gasteiger partial charge in [0.05, 0.1) is 68.0 Å². The number of hydrogen-bond acceptors (Lipinski definition) is 4. The van der Waals surface area contributed by atoms with Crippen molar-refractivity contribution >= 4 is 39.4 Å². The first-order chi connectivity index (χ1) is 25.4. The van der Waals surface area contributed by atoms with E-state index >= 15 is 0 Å². The maximum absolute atomic E-state index is 5.40. The van der Waals surface area contributed by atoms with Crippen molar-refractivity contribution in [1.29, 1.82) is 0 Å². The van der Waals surface area contributed by atoms with E-state index in [0.717, 1.165) is 90.7 Å². The highest BCUT2D eigenvalue weighted by Gasteiger charge is 2.31. The molecule has 0 unspecified atom stereocenters. The predicted octanol–water partition coefficient (Wildman–Crippen LogP) is 5.84. The maximum atomic E-state index is 5.40. The van der Waals surface area contributed by atoms with Gasteiger partial charge in [0.1, 0.15) is 21.1 Å². The van der Waals surface area contributed by atoms with Crippen LogP contribution < -0.4 is 13.7 Å². The van der Waals surface area contributed by atoms with Crippen LogP contribution in [0, 0.1) is 0 Å². The molecule has 8 bridgehead atoms. The van der Waals surface area contributed by atoms with Gasteiger partial charge in [-0.2, -0.15) is 0 Å². The minimum absolute atomic E-state index is 0.842. The third kappa shape index (κ3) is 5.24. The summed E-state index contributed by atoms with van der Waals surface area (Å²) in [6.45, 7) is 0. The first-order valence-corrected chi connectivity index (χ1v) is 17.4. The number of rotatable bonds is 3. The molecule has 8 nitrogen and oxygen atoms in total. The molecule has 250 valence electrons. The topological polar surface area (TPSA) is 67.8 Å². The van der Waals surface area contributed by atoms with Crippen LogP contribution in [0.25, 0.3) is 22.3 Å². The molecule has 0 fully saturated rings. The lowest BCUT2D eigenvalue weighted by Crippen LogP contribution is -2.33. The second kappa shape index (κ2) is 12.5. The first-order valence-electron chi connectivity index (χ1n) is 17.4. The van der Waals surface area contributed by atoms with Crippen LogP contribution in [-0.2, 0) is 21.1 Å². The zero-order chi connectivity index (χ0) is 35.3. The summed E-state index contributed by atoms with van der Waals surface area (Å²) in [6.07, 6.45) is 27.2. The number of aromatic nitrogens is 4. The number of likely N-dealkylation sites (N-methyl/N-ethyl adjacent to an activating group) is 1. The number of aromatic amines is 1. The summed E-state index contributed by atoms with van der Waals surface area (Å²) in [5.74, 6) is 0. The van der Waals surface area contributed by atoms with Crippen molar-refractivity contribution in [3.05, 3.63) is 197 Å². The van der Waals surface area contributed by atoms with Crippen molar-refractivity contribution in [2.75, 3.05) is 7.05 Å². The Morgan fingerprint density at radius 2 is 0.923 bits per heavy atom. The van der Waals surface area contributed by atoms with Gasteiger partial charge < -0.3 is 9.88 Å². The Morgan fingerprint density at radius 3 is 1.40 bits per heavy atom. The van der Waals surface area contributed by atoms with Gasteiger partial charge in [0.15, 0.2) is 18.6 Å². The second-order valence-electron chi connectivity index (χ2n) is 13.2. The van der Waals surface area contributed by atoms with Crippen molar-refractivity contribution in [3.8, 4) is 0 Å². The highest BCUT2D eigenvalue weighted by Crippen LogP contribution is 2.37. The van der Waals surface area contributed by atoms with E-state index < -0.39 is 0 Å². The molecular formula is C44H37N8+3. The molecule has 0 amide bonds. The Bertz CT molecular complexity index is 2600. The zero-order valence-electron chi connectivity index (χ0n) is 29.5. The molecule has 0 atom stereocenters. The fourth-order valence-corrected chi connectivity index (χ4v) is 7.34. The van der Waals surface area contributed by atoms with Crippen LogP contribution in [0.15, 0.2) is 184 Å².